The summed E-state index contributed by atoms with van der Waals surface area (Å²) in [6.07, 6.45) is 1.81. The molecule has 7 amide bonds. The number of nitrogens with zero attached hydrogens (tertiary/aromatic N) is 1. The maximum atomic E-state index is 11.6. The van der Waals surface area contributed by atoms with E-state index in [-0.39, 0.29) is 32.2 Å². The van der Waals surface area contributed by atoms with Gasteiger partial charge in [-0.25, -0.2) is 0 Å². The van der Waals surface area contributed by atoms with Gasteiger partial charge >= 0.3 is 5.97 Å². The summed E-state index contributed by atoms with van der Waals surface area (Å²) in [5.41, 5.74) is 4.08. The lowest BCUT2D eigenvalue weighted by molar-refractivity contribution is -0.138. The zero-order valence-corrected chi connectivity index (χ0v) is 17.5. The first-order valence-electron chi connectivity index (χ1n) is 9.71. The first-order chi connectivity index (χ1) is 15.6. The van der Waals surface area contributed by atoms with E-state index in [2.05, 4.69) is 21.4 Å². The summed E-state index contributed by atoms with van der Waals surface area (Å²) in [5.74, 6) is -5.44. The average Bonchev–Trinajstić information content (AvgIpc) is 3.08. The van der Waals surface area contributed by atoms with Gasteiger partial charge in [0, 0.05) is 38.0 Å². The molecule has 0 aromatic rings. The van der Waals surface area contributed by atoms with Crippen LogP contribution in [0.1, 0.15) is 25.7 Å². The summed E-state index contributed by atoms with van der Waals surface area (Å²) in [5, 5.41) is 15.1. The minimum atomic E-state index is -1.03. The number of hydrogen-bond acceptors (Lipinski definition) is 8. The highest BCUT2D eigenvalue weighted by molar-refractivity contribution is 6.13. The van der Waals surface area contributed by atoms with Crippen molar-refractivity contribution in [2.45, 2.75) is 25.7 Å². The Labute approximate surface area is 187 Å². The molecule has 0 spiro atoms. The molecule has 1 rings (SSSR count). The lowest BCUT2D eigenvalue weighted by atomic mass is 10.2. The van der Waals surface area contributed by atoms with Crippen molar-refractivity contribution in [3.05, 3.63) is 12.2 Å². The number of imide groups is 1. The van der Waals surface area contributed by atoms with E-state index in [0.717, 1.165) is 17.1 Å². The molecule has 0 unspecified atom stereocenters. The molecule has 0 radical (unpaired) electrons. The van der Waals surface area contributed by atoms with E-state index in [1.54, 1.807) is 0 Å². The molecule has 15 nitrogen and oxygen atoms in total. The molecule has 0 bridgehead atoms. The number of hydrogen-bond donors (Lipinski definition) is 6. The second kappa shape index (κ2) is 13.9. The number of amides is 7. The fourth-order valence-corrected chi connectivity index (χ4v) is 2.26. The first kappa shape index (κ1) is 26.7. The van der Waals surface area contributed by atoms with Crippen LogP contribution in [0.25, 0.3) is 0 Å². The topological polar surface area (TPSA) is 220 Å². The molecule has 0 aliphatic carbocycles. The fourth-order valence-electron chi connectivity index (χ4n) is 2.26. The number of carboxylic acid groups (broad SMARTS) is 1. The van der Waals surface area contributed by atoms with Gasteiger partial charge in [0.15, 0.2) is 0 Å². The molecule has 0 saturated carbocycles. The molecule has 6 N–H and O–H groups in total. The summed E-state index contributed by atoms with van der Waals surface area (Å²) in [4.78, 5) is 91.8. The zero-order chi connectivity index (χ0) is 24.8. The molecular weight excluding hydrogens is 444 g/mol. The van der Waals surface area contributed by atoms with Crippen molar-refractivity contribution in [2.75, 3.05) is 26.2 Å². The van der Waals surface area contributed by atoms with Crippen LogP contribution in [0.3, 0.4) is 0 Å². The third kappa shape index (κ3) is 11.6. The molecule has 0 atom stereocenters. The molecule has 15 heteroatoms. The minimum Gasteiger partial charge on any atom is -0.481 e. The molecular formula is C18H24N6O9. The highest BCUT2D eigenvalue weighted by atomic mass is 16.4. The van der Waals surface area contributed by atoms with Gasteiger partial charge in [0.25, 0.3) is 17.7 Å². The van der Waals surface area contributed by atoms with Crippen LogP contribution >= 0.6 is 0 Å². The van der Waals surface area contributed by atoms with Crippen LogP contribution in [0.5, 0.6) is 0 Å². The molecule has 1 aliphatic rings. The van der Waals surface area contributed by atoms with Gasteiger partial charge in [-0.2, -0.15) is 0 Å². The van der Waals surface area contributed by atoms with E-state index >= 15 is 0 Å². The van der Waals surface area contributed by atoms with E-state index in [1.807, 2.05) is 5.43 Å². The number of hydrazine groups is 1. The van der Waals surface area contributed by atoms with Crippen LogP contribution in [0.2, 0.25) is 0 Å². The number of carboxylic acids is 1. The van der Waals surface area contributed by atoms with Crippen LogP contribution in [0.15, 0.2) is 12.2 Å². The zero-order valence-electron chi connectivity index (χ0n) is 17.5. The van der Waals surface area contributed by atoms with Gasteiger partial charge in [0.05, 0.1) is 19.6 Å². The third-order valence-electron chi connectivity index (χ3n) is 3.94. The van der Waals surface area contributed by atoms with Crippen molar-refractivity contribution in [2.24, 2.45) is 0 Å². The molecule has 0 saturated heterocycles. The van der Waals surface area contributed by atoms with Crippen molar-refractivity contribution in [1.82, 2.24) is 31.7 Å². The molecule has 0 aromatic carbocycles. The molecule has 33 heavy (non-hydrogen) atoms. The highest BCUT2D eigenvalue weighted by Crippen LogP contribution is 2.03. The Morgan fingerprint density at radius 3 is 1.70 bits per heavy atom. The van der Waals surface area contributed by atoms with Crippen LogP contribution in [-0.2, 0) is 38.4 Å². The Hall–Kier alpha value is -4.30. The van der Waals surface area contributed by atoms with Crippen molar-refractivity contribution >= 4 is 47.3 Å². The van der Waals surface area contributed by atoms with E-state index in [9.17, 15) is 38.4 Å². The first-order valence-corrected chi connectivity index (χ1v) is 9.71. The average molecular weight is 468 g/mol. The van der Waals surface area contributed by atoms with Gasteiger partial charge in [-0.1, -0.05) is 0 Å². The maximum absolute atomic E-state index is 11.6. The monoisotopic (exact) mass is 468 g/mol. The van der Waals surface area contributed by atoms with Crippen molar-refractivity contribution in [3.8, 4) is 0 Å². The minimum absolute atomic E-state index is 0.0581. The standard InChI is InChI=1S/C18H24N6O9/c25-11(2-1-3-18(32)33)19-8-13(27)20-9-14(28)21-10-15(29)23-22-12(26)6-7-24-16(30)4-5-17(24)31/h4-5H,1-3,6-10H2,(H,19,25)(H,20,27)(H,21,28)(H,22,26)(H,23,29)(H,32,33). The smallest absolute Gasteiger partial charge is 0.303 e. The molecule has 1 aliphatic heterocycles. The molecule has 180 valence electrons. The number of carbonyl (C=O) groups excluding carboxylic acids is 7. The summed E-state index contributed by atoms with van der Waals surface area (Å²) in [7, 11) is 0. The van der Waals surface area contributed by atoms with Crippen LogP contribution in [0.4, 0.5) is 0 Å². The lowest BCUT2D eigenvalue weighted by Gasteiger charge is -2.13. The van der Waals surface area contributed by atoms with E-state index in [0.29, 0.717) is 0 Å². The number of nitrogens with one attached hydrogen (secondary N) is 5. The van der Waals surface area contributed by atoms with E-state index in [4.69, 9.17) is 5.11 Å². The second-order valence-corrected chi connectivity index (χ2v) is 6.59. The van der Waals surface area contributed by atoms with Gasteiger partial charge in [0.2, 0.25) is 23.6 Å². The third-order valence-corrected chi connectivity index (χ3v) is 3.94. The number of rotatable bonds is 13. The summed E-state index contributed by atoms with van der Waals surface area (Å²) >= 11 is 0. The van der Waals surface area contributed by atoms with E-state index < -0.39 is 67.0 Å². The lowest BCUT2D eigenvalue weighted by Crippen LogP contribution is -2.48. The highest BCUT2D eigenvalue weighted by Gasteiger charge is 2.23. The van der Waals surface area contributed by atoms with Gasteiger partial charge in [-0.05, 0) is 6.42 Å². The maximum Gasteiger partial charge on any atom is 0.303 e. The summed E-state index contributed by atoms with van der Waals surface area (Å²) in [6, 6.07) is 0. The summed E-state index contributed by atoms with van der Waals surface area (Å²) < 4.78 is 0. The number of aliphatic carboxylic acids is 1. The Morgan fingerprint density at radius 1 is 0.667 bits per heavy atom. The van der Waals surface area contributed by atoms with Crippen LogP contribution < -0.4 is 26.8 Å². The quantitative estimate of drug-likeness (QED) is 0.115. The Balaban J connectivity index is 2.10. The Bertz CT molecular complexity index is 836. The van der Waals surface area contributed by atoms with Crippen molar-refractivity contribution in [1.29, 1.82) is 0 Å². The molecule has 0 aromatic heterocycles. The Morgan fingerprint density at radius 2 is 1.15 bits per heavy atom. The predicted octanol–water partition coefficient (Wildman–Crippen LogP) is -3.95. The van der Waals surface area contributed by atoms with Crippen molar-refractivity contribution in [3.63, 3.8) is 0 Å². The normalized spacial score (nSPS) is 12.2. The van der Waals surface area contributed by atoms with Crippen molar-refractivity contribution < 1.29 is 43.5 Å². The Kier molecular flexibility index (Phi) is 11.3. The van der Waals surface area contributed by atoms with Gasteiger partial charge in [-0.3, -0.25) is 54.1 Å². The largest absolute Gasteiger partial charge is 0.481 e. The van der Waals surface area contributed by atoms with Gasteiger partial charge < -0.3 is 21.1 Å². The molecule has 0 fully saturated rings. The number of carbonyl (C=O) groups is 8. The predicted molar refractivity (Wildman–Crippen MR) is 107 cm³/mol. The van der Waals surface area contributed by atoms with Crippen LogP contribution in [0, 0.1) is 0 Å². The van der Waals surface area contributed by atoms with Gasteiger partial charge in [0.1, 0.15) is 0 Å². The summed E-state index contributed by atoms with van der Waals surface area (Å²) in [6.45, 7) is -1.55. The van der Waals surface area contributed by atoms with Gasteiger partial charge in [-0.15, -0.1) is 0 Å². The second-order valence-electron chi connectivity index (χ2n) is 6.59. The van der Waals surface area contributed by atoms with E-state index in [1.165, 1.54) is 0 Å². The fraction of sp³-hybridized carbons (Fsp3) is 0.444. The molecule has 1 heterocycles. The SMILES string of the molecule is O=C(O)CCCC(=O)NCC(=O)NCC(=O)NCC(=O)NNC(=O)CCN1C(=O)C=CC1=O. The van der Waals surface area contributed by atoms with Crippen LogP contribution in [-0.4, -0.2) is 83.5 Å².